The minimum atomic E-state index is 0.911. The molecule has 0 spiro atoms. The zero-order chi connectivity index (χ0) is 30.9. The number of furan rings is 1. The van der Waals surface area contributed by atoms with Crippen LogP contribution in [0.2, 0.25) is 0 Å². The summed E-state index contributed by atoms with van der Waals surface area (Å²) in [7, 11) is 0. The van der Waals surface area contributed by atoms with Crippen molar-refractivity contribution in [3.05, 3.63) is 170 Å². The van der Waals surface area contributed by atoms with Crippen LogP contribution in [0.25, 0.3) is 98.4 Å². The van der Waals surface area contributed by atoms with Crippen molar-refractivity contribution >= 4 is 65.0 Å². The monoisotopic (exact) mass is 596 g/mol. The molecule has 0 bridgehead atoms. The molecule has 0 fully saturated rings. The quantitative estimate of drug-likeness (QED) is 0.185. The molecule has 0 aliphatic carbocycles. The highest BCUT2D eigenvalue weighted by molar-refractivity contribution is 6.22. The van der Waals surface area contributed by atoms with Crippen LogP contribution in [0.5, 0.6) is 0 Å². The lowest BCUT2D eigenvalue weighted by Crippen LogP contribution is -1.91. The van der Waals surface area contributed by atoms with Crippen molar-refractivity contribution in [1.29, 1.82) is 0 Å². The van der Waals surface area contributed by atoms with E-state index in [2.05, 4.69) is 170 Å². The highest BCUT2D eigenvalue weighted by atomic mass is 16.3. The van der Waals surface area contributed by atoms with Crippen molar-refractivity contribution in [3.63, 3.8) is 0 Å². The van der Waals surface area contributed by atoms with Gasteiger partial charge in [-0.3, -0.25) is 0 Å². The van der Waals surface area contributed by atoms with Gasteiger partial charge in [0.05, 0.1) is 0 Å². The molecule has 10 aromatic rings. The molecule has 1 heteroatoms. The summed E-state index contributed by atoms with van der Waals surface area (Å²) in [4.78, 5) is 0. The number of hydrogen-bond acceptors (Lipinski definition) is 1. The molecule has 0 unspecified atom stereocenters. The van der Waals surface area contributed by atoms with Crippen LogP contribution in [0.1, 0.15) is 0 Å². The van der Waals surface area contributed by atoms with E-state index in [0.717, 1.165) is 27.5 Å². The van der Waals surface area contributed by atoms with Gasteiger partial charge in [0.2, 0.25) is 0 Å². The molecule has 9 aromatic carbocycles. The van der Waals surface area contributed by atoms with Crippen molar-refractivity contribution in [1.82, 2.24) is 0 Å². The van der Waals surface area contributed by atoms with Crippen molar-refractivity contribution in [3.8, 4) is 33.4 Å². The molecule has 0 saturated heterocycles. The maximum Gasteiger partial charge on any atom is 0.136 e. The fraction of sp³-hybridized carbons (Fsp3) is 0. The molecule has 0 aliphatic rings. The van der Waals surface area contributed by atoms with E-state index >= 15 is 0 Å². The first-order valence-electron chi connectivity index (χ1n) is 16.2. The Bertz CT molecular complexity index is 2770. The third-order valence-electron chi connectivity index (χ3n) is 9.83. The van der Waals surface area contributed by atoms with Gasteiger partial charge in [-0.1, -0.05) is 146 Å². The third-order valence-corrected chi connectivity index (χ3v) is 9.83. The molecule has 0 aliphatic heterocycles. The van der Waals surface area contributed by atoms with Crippen molar-refractivity contribution in [2.75, 3.05) is 0 Å². The Hall–Kier alpha value is -6.18. The van der Waals surface area contributed by atoms with Crippen LogP contribution < -0.4 is 0 Å². The molecule has 1 heterocycles. The summed E-state index contributed by atoms with van der Waals surface area (Å²) in [5, 5.41) is 12.2. The van der Waals surface area contributed by atoms with Gasteiger partial charge in [-0.15, -0.1) is 0 Å². The molecule has 1 nitrogen and oxygen atoms in total. The lowest BCUT2D eigenvalue weighted by Gasteiger charge is -2.18. The van der Waals surface area contributed by atoms with Gasteiger partial charge in [0.15, 0.2) is 0 Å². The number of benzene rings is 9. The van der Waals surface area contributed by atoms with Crippen LogP contribution in [-0.4, -0.2) is 0 Å². The van der Waals surface area contributed by atoms with E-state index in [1.807, 2.05) is 0 Å². The van der Waals surface area contributed by atoms with E-state index in [1.54, 1.807) is 0 Å². The second-order valence-corrected chi connectivity index (χ2v) is 12.5. The fourth-order valence-corrected chi connectivity index (χ4v) is 7.66. The lowest BCUT2D eigenvalue weighted by atomic mass is 9.85. The van der Waals surface area contributed by atoms with Gasteiger partial charge in [0.1, 0.15) is 11.2 Å². The molecular formula is C46H28O. The molecule has 10 rings (SSSR count). The molecule has 1 aromatic heterocycles. The standard InChI is InChI=1S/C46H28O/c1-2-12-33-27-44-42(26-32(33)11-1)37-25-24-34(28-43(37)47-44)46-40-17-7-5-15-38(40)45(39-16-6-8-18-41(39)46)31-22-20-30(21-23-31)36-19-9-13-29-10-3-4-14-35(29)36/h1-28H. The smallest absolute Gasteiger partial charge is 0.136 e. The number of fused-ring (bicyclic) bond motifs is 7. The first-order valence-corrected chi connectivity index (χ1v) is 16.2. The van der Waals surface area contributed by atoms with Crippen LogP contribution in [0.15, 0.2) is 174 Å². The van der Waals surface area contributed by atoms with Crippen LogP contribution in [-0.2, 0) is 0 Å². The summed E-state index contributed by atoms with van der Waals surface area (Å²) >= 11 is 0. The number of hydrogen-bond donors (Lipinski definition) is 0. The fourth-order valence-electron chi connectivity index (χ4n) is 7.66. The summed E-state index contributed by atoms with van der Waals surface area (Å²) in [6, 6.07) is 61.6. The molecule has 0 saturated carbocycles. The lowest BCUT2D eigenvalue weighted by molar-refractivity contribution is 0.669. The highest BCUT2D eigenvalue weighted by Gasteiger charge is 2.18. The maximum atomic E-state index is 6.51. The molecule has 0 radical (unpaired) electrons. The minimum absolute atomic E-state index is 0.911. The normalized spacial score (nSPS) is 11.8. The first kappa shape index (κ1) is 26.1. The van der Waals surface area contributed by atoms with Crippen LogP contribution in [0.4, 0.5) is 0 Å². The summed E-state index contributed by atoms with van der Waals surface area (Å²) in [6.07, 6.45) is 0. The van der Waals surface area contributed by atoms with Gasteiger partial charge in [-0.2, -0.15) is 0 Å². The van der Waals surface area contributed by atoms with Crippen LogP contribution in [0, 0.1) is 0 Å². The Balaban J connectivity index is 1.17. The van der Waals surface area contributed by atoms with E-state index in [0.29, 0.717) is 0 Å². The van der Waals surface area contributed by atoms with Gasteiger partial charge in [-0.05, 0) is 101 Å². The van der Waals surface area contributed by atoms with Gasteiger partial charge >= 0.3 is 0 Å². The Morgan fingerprint density at radius 3 is 1.45 bits per heavy atom. The van der Waals surface area contributed by atoms with E-state index in [-0.39, 0.29) is 0 Å². The molecule has 47 heavy (non-hydrogen) atoms. The van der Waals surface area contributed by atoms with E-state index < -0.39 is 0 Å². The van der Waals surface area contributed by atoms with Gasteiger partial charge in [0.25, 0.3) is 0 Å². The zero-order valence-electron chi connectivity index (χ0n) is 25.6. The van der Waals surface area contributed by atoms with Crippen molar-refractivity contribution in [2.45, 2.75) is 0 Å². The molecule has 0 N–H and O–H groups in total. The number of rotatable bonds is 3. The SMILES string of the molecule is c1ccc2cc3c(cc2c1)oc1cc(-c2c4ccccc4c(-c4ccc(-c5cccc6ccccc56)cc4)c4ccccc24)ccc13. The van der Waals surface area contributed by atoms with Crippen LogP contribution >= 0.6 is 0 Å². The first-order chi connectivity index (χ1) is 23.3. The third kappa shape index (κ3) is 4.03. The Labute approximate surface area is 271 Å². The van der Waals surface area contributed by atoms with Crippen molar-refractivity contribution < 1.29 is 4.42 Å². The Kier molecular flexibility index (Phi) is 5.64. The highest BCUT2D eigenvalue weighted by Crippen LogP contribution is 2.45. The van der Waals surface area contributed by atoms with Crippen LogP contribution in [0.3, 0.4) is 0 Å². The molecular weight excluding hydrogens is 569 g/mol. The largest absolute Gasteiger partial charge is 0.456 e. The Morgan fingerprint density at radius 1 is 0.277 bits per heavy atom. The second kappa shape index (κ2) is 10.2. The summed E-state index contributed by atoms with van der Waals surface area (Å²) in [6.45, 7) is 0. The molecule has 0 atom stereocenters. The van der Waals surface area contributed by atoms with Gasteiger partial charge in [0, 0.05) is 10.8 Å². The predicted molar refractivity (Wildman–Crippen MR) is 200 cm³/mol. The van der Waals surface area contributed by atoms with E-state index in [1.165, 1.54) is 70.9 Å². The van der Waals surface area contributed by atoms with Gasteiger partial charge in [-0.25, -0.2) is 0 Å². The summed E-state index contributed by atoms with van der Waals surface area (Å²) < 4.78 is 6.51. The summed E-state index contributed by atoms with van der Waals surface area (Å²) in [5.41, 5.74) is 9.19. The van der Waals surface area contributed by atoms with E-state index in [9.17, 15) is 0 Å². The van der Waals surface area contributed by atoms with Gasteiger partial charge < -0.3 is 4.42 Å². The second-order valence-electron chi connectivity index (χ2n) is 12.5. The van der Waals surface area contributed by atoms with Crippen molar-refractivity contribution in [2.24, 2.45) is 0 Å². The molecule has 0 amide bonds. The summed E-state index contributed by atoms with van der Waals surface area (Å²) in [5.74, 6) is 0. The van der Waals surface area contributed by atoms with E-state index in [4.69, 9.17) is 4.42 Å². The Morgan fingerprint density at radius 2 is 0.766 bits per heavy atom. The molecule has 218 valence electrons. The predicted octanol–water partition coefficient (Wildman–Crippen LogP) is 13.2. The topological polar surface area (TPSA) is 13.1 Å². The average Bonchev–Trinajstić information content (AvgIpc) is 3.49. The minimum Gasteiger partial charge on any atom is -0.456 e. The average molecular weight is 597 g/mol. The maximum absolute atomic E-state index is 6.51. The zero-order valence-corrected chi connectivity index (χ0v) is 25.6.